The van der Waals surface area contributed by atoms with Crippen molar-refractivity contribution in [3.63, 3.8) is 0 Å². The lowest BCUT2D eigenvalue weighted by Gasteiger charge is -2.25. The van der Waals surface area contributed by atoms with E-state index in [2.05, 4.69) is 41.2 Å². The van der Waals surface area contributed by atoms with Crippen LogP contribution in [0.4, 0.5) is 0 Å². The van der Waals surface area contributed by atoms with E-state index in [9.17, 15) is 4.79 Å². The van der Waals surface area contributed by atoms with Gasteiger partial charge in [-0.2, -0.15) is 0 Å². The Morgan fingerprint density at radius 3 is 2.72 bits per heavy atom. The summed E-state index contributed by atoms with van der Waals surface area (Å²) in [4.78, 5) is 20.3. The van der Waals surface area contributed by atoms with Crippen molar-refractivity contribution in [1.82, 2.24) is 9.97 Å². The number of nitrogens with zero attached hydrogens (tertiary/aromatic N) is 1. The van der Waals surface area contributed by atoms with E-state index in [1.54, 1.807) is 6.20 Å². The van der Waals surface area contributed by atoms with Crippen molar-refractivity contribution >= 4 is 5.78 Å². The number of aromatic amines is 1. The quantitative estimate of drug-likeness (QED) is 0.270. The second kappa shape index (κ2) is 11.3. The van der Waals surface area contributed by atoms with Crippen LogP contribution in [0.3, 0.4) is 0 Å². The van der Waals surface area contributed by atoms with Crippen LogP contribution in [-0.2, 0) is 25.9 Å². The Balaban J connectivity index is 1.48. The maximum atomic E-state index is 12.7. The molecule has 1 aliphatic carbocycles. The van der Waals surface area contributed by atoms with Crippen molar-refractivity contribution in [3.8, 4) is 11.5 Å². The van der Waals surface area contributed by atoms with Gasteiger partial charge in [0.15, 0.2) is 5.78 Å². The minimum absolute atomic E-state index is 0.198. The molecule has 1 atom stereocenters. The number of ether oxygens (including phenoxy) is 2. The summed E-state index contributed by atoms with van der Waals surface area (Å²) in [6.45, 7) is 2.53. The third-order valence-electron chi connectivity index (χ3n) is 6.71. The van der Waals surface area contributed by atoms with Gasteiger partial charge in [0.05, 0.1) is 0 Å². The predicted octanol–water partition coefficient (Wildman–Crippen LogP) is 6.82. The van der Waals surface area contributed by atoms with Crippen molar-refractivity contribution in [2.75, 3.05) is 0 Å². The van der Waals surface area contributed by atoms with Crippen molar-refractivity contribution < 1.29 is 14.3 Å². The second-order valence-electron chi connectivity index (χ2n) is 9.29. The maximum Gasteiger partial charge on any atom is 0.163 e. The summed E-state index contributed by atoms with van der Waals surface area (Å²) in [5, 5.41) is 0. The highest BCUT2D eigenvalue weighted by Crippen LogP contribution is 2.35. The molecule has 36 heavy (non-hydrogen) atoms. The molecule has 5 heteroatoms. The van der Waals surface area contributed by atoms with E-state index in [0.717, 1.165) is 65.3 Å². The fourth-order valence-electron chi connectivity index (χ4n) is 4.92. The van der Waals surface area contributed by atoms with Gasteiger partial charge in [0.1, 0.15) is 30.0 Å². The SMILES string of the molecule is CCCc1cccc(OCc2c(O[C@@H](Cc3ncc[nH]3)c3ccccc3)ccc3c2CCCC3=O)c1. The van der Waals surface area contributed by atoms with Crippen molar-refractivity contribution in [3.05, 3.63) is 113 Å². The van der Waals surface area contributed by atoms with Gasteiger partial charge in [0.25, 0.3) is 0 Å². The number of aryl methyl sites for hydroxylation is 1. The Hall–Kier alpha value is -3.86. The first-order valence-corrected chi connectivity index (χ1v) is 12.8. The lowest BCUT2D eigenvalue weighted by atomic mass is 9.87. The van der Waals surface area contributed by atoms with Crippen LogP contribution in [0.25, 0.3) is 0 Å². The molecule has 0 fully saturated rings. The number of carbonyl (C=O) groups is 1. The molecule has 0 spiro atoms. The van der Waals surface area contributed by atoms with Crippen molar-refractivity contribution in [2.24, 2.45) is 0 Å². The number of H-pyrrole nitrogens is 1. The van der Waals surface area contributed by atoms with Gasteiger partial charge in [-0.3, -0.25) is 4.79 Å². The normalized spacial score (nSPS) is 13.8. The molecule has 1 aliphatic rings. The number of rotatable bonds is 10. The Bertz CT molecular complexity index is 1300. The summed E-state index contributed by atoms with van der Waals surface area (Å²) in [6.07, 6.45) is 8.36. The van der Waals surface area contributed by atoms with Gasteiger partial charge in [-0.25, -0.2) is 4.98 Å². The molecule has 0 radical (unpaired) electrons. The van der Waals surface area contributed by atoms with Gasteiger partial charge in [0, 0.05) is 36.4 Å². The topological polar surface area (TPSA) is 64.2 Å². The molecule has 1 aromatic heterocycles. The number of imidazole rings is 1. The van der Waals surface area contributed by atoms with E-state index >= 15 is 0 Å². The van der Waals surface area contributed by atoms with E-state index < -0.39 is 0 Å². The van der Waals surface area contributed by atoms with E-state index in [0.29, 0.717) is 19.4 Å². The van der Waals surface area contributed by atoms with Gasteiger partial charge in [-0.1, -0.05) is 55.8 Å². The monoisotopic (exact) mass is 480 g/mol. The van der Waals surface area contributed by atoms with E-state index in [1.165, 1.54) is 5.56 Å². The molecule has 184 valence electrons. The number of benzene rings is 3. The summed E-state index contributed by atoms with van der Waals surface area (Å²) in [6, 6.07) is 22.3. The molecule has 4 aromatic rings. The molecule has 0 unspecified atom stereocenters. The number of carbonyl (C=O) groups excluding carboxylic acids is 1. The van der Waals surface area contributed by atoms with E-state index in [1.807, 2.05) is 48.7 Å². The van der Waals surface area contributed by atoms with Crippen LogP contribution in [0.2, 0.25) is 0 Å². The highest BCUT2D eigenvalue weighted by atomic mass is 16.5. The lowest BCUT2D eigenvalue weighted by Crippen LogP contribution is -2.18. The molecule has 0 saturated carbocycles. The first-order valence-electron chi connectivity index (χ1n) is 12.8. The van der Waals surface area contributed by atoms with Gasteiger partial charge in [-0.05, 0) is 60.2 Å². The summed E-state index contributed by atoms with van der Waals surface area (Å²) < 4.78 is 13.0. The number of aromatic nitrogens is 2. The number of nitrogens with one attached hydrogen (secondary N) is 1. The molecule has 5 nitrogen and oxygen atoms in total. The van der Waals surface area contributed by atoms with E-state index in [4.69, 9.17) is 9.47 Å². The van der Waals surface area contributed by atoms with Gasteiger partial charge in [-0.15, -0.1) is 0 Å². The fraction of sp³-hybridized carbons (Fsp3) is 0.290. The molecule has 0 amide bonds. The number of ketones is 1. The minimum atomic E-state index is -0.235. The highest BCUT2D eigenvalue weighted by Gasteiger charge is 2.25. The van der Waals surface area contributed by atoms with Crippen LogP contribution in [0.5, 0.6) is 11.5 Å². The summed E-state index contributed by atoms with van der Waals surface area (Å²) in [5.41, 5.74) is 5.15. The number of fused-ring (bicyclic) bond motifs is 1. The summed E-state index contributed by atoms with van der Waals surface area (Å²) in [7, 11) is 0. The zero-order chi connectivity index (χ0) is 24.7. The molecular formula is C31H32N2O3. The average Bonchev–Trinajstić information content (AvgIpc) is 3.42. The van der Waals surface area contributed by atoms with Crippen LogP contribution < -0.4 is 9.47 Å². The molecule has 0 saturated heterocycles. The van der Waals surface area contributed by atoms with Crippen LogP contribution in [0.1, 0.15) is 70.7 Å². The second-order valence-corrected chi connectivity index (χ2v) is 9.29. The molecule has 1 N–H and O–H groups in total. The summed E-state index contributed by atoms with van der Waals surface area (Å²) >= 11 is 0. The van der Waals surface area contributed by atoms with Crippen molar-refractivity contribution in [1.29, 1.82) is 0 Å². The molecule has 1 heterocycles. The first-order chi connectivity index (χ1) is 17.7. The van der Waals surface area contributed by atoms with E-state index in [-0.39, 0.29) is 11.9 Å². The molecular weight excluding hydrogens is 448 g/mol. The minimum Gasteiger partial charge on any atom is -0.489 e. The number of hydrogen-bond acceptors (Lipinski definition) is 4. The van der Waals surface area contributed by atoms with Crippen LogP contribution >= 0.6 is 0 Å². The standard InChI is InChI=1S/C31H32N2O3/c1-2-8-22-9-6-12-24(19-22)35-21-27-25-13-7-14-28(34)26(25)15-16-29(27)36-30(20-31-32-17-18-33-31)23-10-4-3-5-11-23/h3-6,9-12,15-19,30H,2,7-8,13-14,20-21H2,1H3,(H,32,33)/t30-/m0/s1. The first kappa shape index (κ1) is 23.9. The lowest BCUT2D eigenvalue weighted by molar-refractivity contribution is 0.0971. The van der Waals surface area contributed by atoms with Crippen LogP contribution in [-0.4, -0.2) is 15.8 Å². The highest BCUT2D eigenvalue weighted by molar-refractivity contribution is 5.99. The molecule has 0 aliphatic heterocycles. The Morgan fingerprint density at radius 2 is 1.92 bits per heavy atom. The fourth-order valence-corrected chi connectivity index (χ4v) is 4.92. The Labute approximate surface area is 212 Å². The Kier molecular flexibility index (Phi) is 7.46. The smallest absolute Gasteiger partial charge is 0.163 e. The number of hydrogen-bond donors (Lipinski definition) is 1. The van der Waals surface area contributed by atoms with Crippen LogP contribution in [0, 0.1) is 0 Å². The predicted molar refractivity (Wildman–Crippen MR) is 141 cm³/mol. The zero-order valence-electron chi connectivity index (χ0n) is 20.7. The van der Waals surface area contributed by atoms with Crippen molar-refractivity contribution in [2.45, 2.75) is 58.2 Å². The number of Topliss-reactive ketones (excluding diaryl/α,β-unsaturated/α-hetero) is 1. The largest absolute Gasteiger partial charge is 0.489 e. The van der Waals surface area contributed by atoms with Gasteiger partial charge < -0.3 is 14.5 Å². The summed E-state index contributed by atoms with van der Waals surface area (Å²) in [5.74, 6) is 2.65. The average molecular weight is 481 g/mol. The molecule has 5 rings (SSSR count). The third kappa shape index (κ3) is 5.51. The van der Waals surface area contributed by atoms with Gasteiger partial charge >= 0.3 is 0 Å². The maximum absolute atomic E-state index is 12.7. The molecule has 3 aromatic carbocycles. The van der Waals surface area contributed by atoms with Crippen LogP contribution in [0.15, 0.2) is 79.1 Å². The Morgan fingerprint density at radius 1 is 1.03 bits per heavy atom. The molecule has 0 bridgehead atoms. The zero-order valence-corrected chi connectivity index (χ0v) is 20.7. The van der Waals surface area contributed by atoms with Gasteiger partial charge in [0.2, 0.25) is 0 Å². The third-order valence-corrected chi connectivity index (χ3v) is 6.71.